The van der Waals surface area contributed by atoms with Crippen molar-refractivity contribution in [3.8, 4) is 5.75 Å². The molecule has 1 N–H and O–H groups in total. The third-order valence-corrected chi connectivity index (χ3v) is 5.32. The number of rotatable bonds is 6. The van der Waals surface area contributed by atoms with E-state index in [-0.39, 0.29) is 30.9 Å². The smallest absolute Gasteiger partial charge is 0.260 e. The van der Waals surface area contributed by atoms with Crippen LogP contribution in [0.2, 0.25) is 0 Å². The number of hydrogen-bond acceptors (Lipinski definition) is 4. The van der Waals surface area contributed by atoms with E-state index < -0.39 is 0 Å². The van der Waals surface area contributed by atoms with Crippen LogP contribution in [-0.4, -0.2) is 66.9 Å². The summed E-state index contributed by atoms with van der Waals surface area (Å²) in [7, 11) is 0. The molecule has 1 fully saturated rings. The van der Waals surface area contributed by atoms with E-state index in [1.165, 1.54) is 0 Å². The molecule has 0 aliphatic carbocycles. The fourth-order valence-corrected chi connectivity index (χ4v) is 3.57. The van der Waals surface area contributed by atoms with Crippen molar-refractivity contribution in [2.75, 3.05) is 39.3 Å². The van der Waals surface area contributed by atoms with Crippen molar-refractivity contribution in [1.82, 2.24) is 15.1 Å². The molecule has 1 heterocycles. The van der Waals surface area contributed by atoms with Crippen LogP contribution in [0.3, 0.4) is 0 Å². The molecular formula is C24H29N3O4. The Morgan fingerprint density at radius 3 is 2.26 bits per heavy atom. The Labute approximate surface area is 183 Å². The van der Waals surface area contributed by atoms with Gasteiger partial charge in [-0.2, -0.15) is 0 Å². The van der Waals surface area contributed by atoms with Gasteiger partial charge in [-0.25, -0.2) is 0 Å². The Morgan fingerprint density at radius 1 is 0.903 bits per heavy atom. The normalized spacial score (nSPS) is 14.0. The molecule has 2 aromatic rings. The number of nitrogens with zero attached hydrogens (tertiary/aromatic N) is 2. The zero-order chi connectivity index (χ0) is 22.2. The van der Waals surface area contributed by atoms with Crippen molar-refractivity contribution in [1.29, 1.82) is 0 Å². The molecule has 164 valence electrons. The quantitative estimate of drug-likeness (QED) is 0.772. The van der Waals surface area contributed by atoms with Crippen molar-refractivity contribution in [2.24, 2.45) is 0 Å². The number of benzene rings is 2. The topological polar surface area (TPSA) is 79.0 Å². The predicted octanol–water partition coefficient (Wildman–Crippen LogP) is 2.17. The van der Waals surface area contributed by atoms with Crippen LogP contribution in [0.1, 0.15) is 27.9 Å². The van der Waals surface area contributed by atoms with Crippen molar-refractivity contribution in [3.63, 3.8) is 0 Å². The average molecular weight is 424 g/mol. The molecule has 1 aliphatic heterocycles. The first kappa shape index (κ1) is 22.3. The van der Waals surface area contributed by atoms with Crippen LogP contribution in [0, 0.1) is 13.8 Å². The van der Waals surface area contributed by atoms with Gasteiger partial charge in [0.2, 0.25) is 5.91 Å². The van der Waals surface area contributed by atoms with Gasteiger partial charge in [0.25, 0.3) is 11.8 Å². The Bertz CT molecular complexity index is 930. The van der Waals surface area contributed by atoms with Crippen LogP contribution >= 0.6 is 0 Å². The number of nitrogens with one attached hydrogen (secondary N) is 1. The summed E-state index contributed by atoms with van der Waals surface area (Å²) in [5.41, 5.74) is 2.66. The minimum absolute atomic E-state index is 0.0228. The van der Waals surface area contributed by atoms with E-state index in [4.69, 9.17) is 4.74 Å². The number of carbonyl (C=O) groups is 3. The van der Waals surface area contributed by atoms with Crippen LogP contribution in [0.25, 0.3) is 0 Å². The van der Waals surface area contributed by atoms with E-state index in [0.717, 1.165) is 11.1 Å². The molecule has 31 heavy (non-hydrogen) atoms. The molecule has 0 saturated carbocycles. The second kappa shape index (κ2) is 10.6. The lowest BCUT2D eigenvalue weighted by Gasteiger charge is -2.22. The summed E-state index contributed by atoms with van der Waals surface area (Å²) >= 11 is 0. The fourth-order valence-electron chi connectivity index (χ4n) is 3.57. The molecule has 0 atom stereocenters. The molecule has 7 heteroatoms. The second-order valence-corrected chi connectivity index (χ2v) is 7.72. The molecular weight excluding hydrogens is 394 g/mol. The highest BCUT2D eigenvalue weighted by Gasteiger charge is 2.22. The largest absolute Gasteiger partial charge is 0.484 e. The molecule has 1 saturated heterocycles. The Kier molecular flexibility index (Phi) is 7.65. The van der Waals surface area contributed by atoms with Crippen LogP contribution in [0.4, 0.5) is 0 Å². The standard InChI is InChI=1S/C24H29N3O4/c1-18-9-10-21(19(2)15-18)31-17-23(29)27-12-6-11-26(13-14-27)22(28)16-25-24(30)20-7-4-3-5-8-20/h3-5,7-10,15H,6,11-14,16-17H2,1-2H3,(H,25,30). The third-order valence-electron chi connectivity index (χ3n) is 5.32. The lowest BCUT2D eigenvalue weighted by Crippen LogP contribution is -2.43. The van der Waals surface area contributed by atoms with Crippen molar-refractivity contribution in [3.05, 3.63) is 65.2 Å². The average Bonchev–Trinajstić information content (AvgIpc) is 3.03. The number of hydrogen-bond donors (Lipinski definition) is 1. The van der Waals surface area contributed by atoms with Crippen LogP contribution in [0.5, 0.6) is 5.75 Å². The van der Waals surface area contributed by atoms with Gasteiger partial charge in [0.1, 0.15) is 5.75 Å². The molecule has 0 spiro atoms. The molecule has 1 aliphatic rings. The summed E-state index contributed by atoms with van der Waals surface area (Å²) < 4.78 is 5.71. The maximum atomic E-state index is 12.6. The number of carbonyl (C=O) groups excluding carboxylic acids is 3. The summed E-state index contributed by atoms with van der Waals surface area (Å²) in [6.45, 7) is 5.92. The van der Waals surface area contributed by atoms with E-state index >= 15 is 0 Å². The van der Waals surface area contributed by atoms with Crippen molar-refractivity contribution >= 4 is 17.7 Å². The molecule has 0 unspecified atom stereocenters. The number of amides is 3. The number of ether oxygens (including phenoxy) is 1. The van der Waals surface area contributed by atoms with Crippen molar-refractivity contribution < 1.29 is 19.1 Å². The van der Waals surface area contributed by atoms with Gasteiger partial charge in [-0.1, -0.05) is 35.9 Å². The van der Waals surface area contributed by atoms with Crippen molar-refractivity contribution in [2.45, 2.75) is 20.3 Å². The molecule has 2 aromatic carbocycles. The molecule has 0 radical (unpaired) electrons. The van der Waals surface area contributed by atoms with E-state index in [2.05, 4.69) is 5.32 Å². The molecule has 3 amide bonds. The Hall–Kier alpha value is -3.35. The fraction of sp³-hybridized carbons (Fsp3) is 0.375. The van der Waals surface area contributed by atoms with Gasteiger partial charge < -0.3 is 19.9 Å². The second-order valence-electron chi connectivity index (χ2n) is 7.72. The van der Waals surface area contributed by atoms with Gasteiger partial charge in [-0.15, -0.1) is 0 Å². The SMILES string of the molecule is Cc1ccc(OCC(=O)N2CCCN(C(=O)CNC(=O)c3ccccc3)CC2)c(C)c1. The first-order chi connectivity index (χ1) is 14.9. The number of aryl methyl sites for hydroxylation is 2. The predicted molar refractivity (Wildman–Crippen MR) is 118 cm³/mol. The summed E-state index contributed by atoms with van der Waals surface area (Å²) in [6, 6.07) is 14.7. The summed E-state index contributed by atoms with van der Waals surface area (Å²) in [6.07, 6.45) is 0.688. The first-order valence-corrected chi connectivity index (χ1v) is 10.5. The van der Waals surface area contributed by atoms with E-state index in [9.17, 15) is 14.4 Å². The highest BCUT2D eigenvalue weighted by molar-refractivity contribution is 5.96. The summed E-state index contributed by atoms with van der Waals surface area (Å²) in [5, 5.41) is 2.67. The zero-order valence-electron chi connectivity index (χ0n) is 18.1. The van der Waals surface area contributed by atoms with Crippen LogP contribution in [-0.2, 0) is 9.59 Å². The summed E-state index contributed by atoms with van der Waals surface area (Å²) in [5.74, 6) is 0.195. The Balaban J connectivity index is 1.45. The lowest BCUT2D eigenvalue weighted by molar-refractivity contribution is -0.134. The van der Waals surface area contributed by atoms with Gasteiger partial charge in [0, 0.05) is 31.7 Å². The van der Waals surface area contributed by atoms with E-state index in [0.29, 0.717) is 43.9 Å². The van der Waals surface area contributed by atoms with Gasteiger partial charge in [0.05, 0.1) is 6.54 Å². The van der Waals surface area contributed by atoms with Crippen LogP contribution in [0.15, 0.2) is 48.5 Å². The molecule has 3 rings (SSSR count). The van der Waals surface area contributed by atoms with E-state index in [1.807, 2.05) is 38.1 Å². The minimum atomic E-state index is -0.274. The van der Waals surface area contributed by atoms with Crippen LogP contribution < -0.4 is 10.1 Å². The highest BCUT2D eigenvalue weighted by atomic mass is 16.5. The molecule has 0 bridgehead atoms. The maximum Gasteiger partial charge on any atom is 0.260 e. The third kappa shape index (κ3) is 6.31. The van der Waals surface area contributed by atoms with E-state index in [1.54, 1.807) is 34.1 Å². The van der Waals surface area contributed by atoms with Gasteiger partial charge in [-0.3, -0.25) is 14.4 Å². The molecule has 7 nitrogen and oxygen atoms in total. The Morgan fingerprint density at radius 2 is 1.58 bits per heavy atom. The van der Waals surface area contributed by atoms with Gasteiger partial charge >= 0.3 is 0 Å². The van der Waals surface area contributed by atoms with Gasteiger partial charge in [-0.05, 0) is 44.0 Å². The minimum Gasteiger partial charge on any atom is -0.484 e. The van der Waals surface area contributed by atoms with Gasteiger partial charge in [0.15, 0.2) is 6.61 Å². The highest BCUT2D eigenvalue weighted by Crippen LogP contribution is 2.18. The maximum absolute atomic E-state index is 12.6. The molecule has 0 aromatic heterocycles. The first-order valence-electron chi connectivity index (χ1n) is 10.5. The monoisotopic (exact) mass is 423 g/mol. The summed E-state index contributed by atoms with van der Waals surface area (Å²) in [4.78, 5) is 40.7. The zero-order valence-corrected chi connectivity index (χ0v) is 18.1. The lowest BCUT2D eigenvalue weighted by atomic mass is 10.1.